The molecule has 2 aromatic carbocycles. The Bertz CT molecular complexity index is 1270. The maximum absolute atomic E-state index is 12.6. The van der Waals surface area contributed by atoms with Crippen molar-refractivity contribution in [2.75, 3.05) is 5.73 Å². The molecular weight excluding hydrogens is 420 g/mol. The van der Waals surface area contributed by atoms with Crippen LogP contribution in [0.2, 0.25) is 0 Å². The molecule has 4 rings (SSSR count). The largest absolute Gasteiger partial charge is 0.471 e. The number of fused-ring (bicyclic) bond motifs is 1. The highest BCUT2D eigenvalue weighted by molar-refractivity contribution is 5.94. The average molecular weight is 447 g/mol. The van der Waals surface area contributed by atoms with Crippen molar-refractivity contribution in [3.05, 3.63) is 76.6 Å². The fraction of sp³-hybridized carbons (Fsp3) is 0.250. The first-order valence-corrected chi connectivity index (χ1v) is 10.6. The lowest BCUT2D eigenvalue weighted by atomic mass is 9.95. The van der Waals surface area contributed by atoms with E-state index in [-0.39, 0.29) is 24.4 Å². The molecule has 0 atom stereocenters. The topological polar surface area (TPSA) is 139 Å². The second kappa shape index (κ2) is 9.66. The van der Waals surface area contributed by atoms with Crippen LogP contribution in [-0.4, -0.2) is 30.9 Å². The van der Waals surface area contributed by atoms with Crippen molar-refractivity contribution >= 4 is 23.0 Å². The van der Waals surface area contributed by atoms with Crippen LogP contribution >= 0.6 is 0 Å². The molecule has 9 heteroatoms. The number of H-pyrrole nitrogens is 1. The fourth-order valence-electron chi connectivity index (χ4n) is 3.56. The Morgan fingerprint density at radius 1 is 1.15 bits per heavy atom. The van der Waals surface area contributed by atoms with Crippen LogP contribution in [0, 0.1) is 0 Å². The number of nitrogen functional groups attached to an aromatic ring is 1. The van der Waals surface area contributed by atoms with Crippen LogP contribution < -0.4 is 15.8 Å². The van der Waals surface area contributed by atoms with Gasteiger partial charge in [-0.1, -0.05) is 44.2 Å². The van der Waals surface area contributed by atoms with Gasteiger partial charge in [0, 0.05) is 12.1 Å². The van der Waals surface area contributed by atoms with Gasteiger partial charge in [0.2, 0.25) is 11.8 Å². The summed E-state index contributed by atoms with van der Waals surface area (Å²) in [5.74, 6) is 0.541. The number of aliphatic hydroxyl groups excluding tert-OH is 1. The van der Waals surface area contributed by atoms with Gasteiger partial charge in [0.15, 0.2) is 5.65 Å². The number of hydrogen-bond acceptors (Lipinski definition) is 7. The van der Waals surface area contributed by atoms with Crippen LogP contribution in [0.5, 0.6) is 5.88 Å². The molecule has 1 amide bonds. The Kier molecular flexibility index (Phi) is 6.50. The molecule has 9 nitrogen and oxygen atoms in total. The van der Waals surface area contributed by atoms with E-state index in [1.807, 2.05) is 30.3 Å². The quantitative estimate of drug-likeness (QED) is 0.326. The van der Waals surface area contributed by atoms with Gasteiger partial charge in [-0.2, -0.15) is 9.97 Å². The van der Waals surface area contributed by atoms with Crippen molar-refractivity contribution in [3.8, 4) is 5.88 Å². The van der Waals surface area contributed by atoms with Gasteiger partial charge < -0.3 is 25.9 Å². The summed E-state index contributed by atoms with van der Waals surface area (Å²) in [4.78, 5) is 27.7. The second-order valence-electron chi connectivity index (χ2n) is 8.00. The minimum Gasteiger partial charge on any atom is -0.471 e. The highest BCUT2D eigenvalue weighted by atomic mass is 16.5. The van der Waals surface area contributed by atoms with E-state index in [9.17, 15) is 9.90 Å². The zero-order valence-corrected chi connectivity index (χ0v) is 18.5. The molecule has 2 aromatic heterocycles. The van der Waals surface area contributed by atoms with E-state index in [0.29, 0.717) is 35.8 Å². The van der Waals surface area contributed by atoms with Crippen molar-refractivity contribution in [2.45, 2.75) is 39.5 Å². The van der Waals surface area contributed by atoms with E-state index >= 15 is 0 Å². The molecule has 5 N–H and O–H groups in total. The molecule has 0 saturated carbocycles. The second-order valence-corrected chi connectivity index (χ2v) is 8.00. The first kappa shape index (κ1) is 22.2. The van der Waals surface area contributed by atoms with Crippen LogP contribution in [0.25, 0.3) is 11.2 Å². The number of anilines is 1. The number of rotatable bonds is 8. The van der Waals surface area contributed by atoms with Gasteiger partial charge in [-0.05, 0) is 40.3 Å². The van der Waals surface area contributed by atoms with E-state index in [2.05, 4.69) is 39.1 Å². The average Bonchev–Trinajstić information content (AvgIpc) is 3.29. The summed E-state index contributed by atoms with van der Waals surface area (Å²) in [6.45, 7) is 4.71. The van der Waals surface area contributed by atoms with Crippen molar-refractivity contribution in [2.24, 2.45) is 0 Å². The number of carbonyl (C=O) groups excluding carboxylic acids is 1. The number of aliphatic hydroxyl groups is 1. The molecule has 0 aliphatic carbocycles. The predicted octanol–water partition coefficient (Wildman–Crippen LogP) is 3.06. The molecule has 0 aliphatic rings. The molecule has 0 radical (unpaired) electrons. The van der Waals surface area contributed by atoms with Gasteiger partial charge in [0.25, 0.3) is 5.91 Å². The van der Waals surface area contributed by atoms with E-state index in [0.717, 1.165) is 22.3 Å². The number of nitrogens with two attached hydrogens (primary N) is 1. The van der Waals surface area contributed by atoms with Gasteiger partial charge in [-0.25, -0.2) is 4.98 Å². The Balaban J connectivity index is 1.35. The molecule has 0 unspecified atom stereocenters. The van der Waals surface area contributed by atoms with Crippen LogP contribution in [0.15, 0.2) is 48.8 Å². The minimum atomic E-state index is -0.183. The zero-order chi connectivity index (χ0) is 23.4. The third-order valence-corrected chi connectivity index (χ3v) is 5.32. The van der Waals surface area contributed by atoms with Crippen molar-refractivity contribution in [3.63, 3.8) is 0 Å². The van der Waals surface area contributed by atoms with Crippen molar-refractivity contribution in [1.82, 2.24) is 25.3 Å². The normalized spacial score (nSPS) is 11.2. The Morgan fingerprint density at radius 3 is 2.64 bits per heavy atom. The van der Waals surface area contributed by atoms with Gasteiger partial charge in [-0.3, -0.25) is 4.79 Å². The van der Waals surface area contributed by atoms with Gasteiger partial charge in [0.05, 0.1) is 12.9 Å². The Hall–Kier alpha value is -3.98. The highest BCUT2D eigenvalue weighted by Crippen LogP contribution is 2.22. The number of amides is 1. The van der Waals surface area contributed by atoms with Gasteiger partial charge in [0.1, 0.15) is 12.1 Å². The van der Waals surface area contributed by atoms with Crippen molar-refractivity contribution < 1.29 is 14.6 Å². The molecule has 0 bridgehead atoms. The molecule has 0 aliphatic heterocycles. The van der Waals surface area contributed by atoms with Crippen LogP contribution in [0.1, 0.15) is 52.4 Å². The van der Waals surface area contributed by atoms with Crippen LogP contribution in [0.3, 0.4) is 0 Å². The third-order valence-electron chi connectivity index (χ3n) is 5.32. The molecule has 0 saturated heterocycles. The third kappa shape index (κ3) is 5.09. The number of ether oxygens (including phenoxy) is 1. The molecule has 33 heavy (non-hydrogen) atoms. The summed E-state index contributed by atoms with van der Waals surface area (Å²) >= 11 is 0. The number of hydrogen-bond donors (Lipinski definition) is 4. The monoisotopic (exact) mass is 446 g/mol. The summed E-state index contributed by atoms with van der Waals surface area (Å²) in [6.07, 6.45) is 1.51. The Labute approximate surface area is 191 Å². The molecule has 170 valence electrons. The minimum absolute atomic E-state index is 0.0916. The number of aromatic amines is 1. The number of nitrogens with zero attached hydrogens (tertiary/aromatic N) is 3. The lowest BCUT2D eigenvalue weighted by Crippen LogP contribution is -2.23. The maximum atomic E-state index is 12.6. The first-order valence-electron chi connectivity index (χ1n) is 10.6. The number of aromatic nitrogens is 4. The van der Waals surface area contributed by atoms with E-state index < -0.39 is 0 Å². The summed E-state index contributed by atoms with van der Waals surface area (Å²) in [5.41, 5.74) is 11.0. The van der Waals surface area contributed by atoms with E-state index in [4.69, 9.17) is 10.5 Å². The number of carbonyl (C=O) groups is 1. The number of imidazole rings is 1. The molecule has 2 heterocycles. The molecule has 0 fully saturated rings. The molecule has 4 aromatic rings. The smallest absolute Gasteiger partial charge is 0.251 e. The fourth-order valence-corrected chi connectivity index (χ4v) is 3.56. The summed E-state index contributed by atoms with van der Waals surface area (Å²) in [6, 6.07) is 13.2. The summed E-state index contributed by atoms with van der Waals surface area (Å²) < 4.78 is 5.80. The van der Waals surface area contributed by atoms with Gasteiger partial charge >= 0.3 is 0 Å². The van der Waals surface area contributed by atoms with E-state index in [1.54, 1.807) is 12.1 Å². The van der Waals surface area contributed by atoms with Crippen LogP contribution in [0.4, 0.5) is 5.95 Å². The summed E-state index contributed by atoms with van der Waals surface area (Å²) in [7, 11) is 0. The van der Waals surface area contributed by atoms with Gasteiger partial charge in [-0.15, -0.1) is 0 Å². The molecule has 0 spiro atoms. The lowest BCUT2D eigenvalue weighted by Gasteiger charge is -2.13. The van der Waals surface area contributed by atoms with Crippen LogP contribution in [-0.2, 0) is 19.8 Å². The van der Waals surface area contributed by atoms with Crippen molar-refractivity contribution in [1.29, 1.82) is 0 Å². The van der Waals surface area contributed by atoms with E-state index in [1.165, 1.54) is 6.33 Å². The molecular formula is C24H26N6O3. The Morgan fingerprint density at radius 2 is 1.91 bits per heavy atom. The lowest BCUT2D eigenvalue weighted by molar-refractivity contribution is 0.0950. The SMILES string of the molecule is CC(C)c1ccc(C(=O)NCc2ccc(COc3nc(N)nc4nc[nH]c34)cc2)cc1CO. The highest BCUT2D eigenvalue weighted by Gasteiger charge is 2.12. The maximum Gasteiger partial charge on any atom is 0.251 e. The number of nitrogens with one attached hydrogen (secondary N) is 2. The number of benzene rings is 2. The summed E-state index contributed by atoms with van der Waals surface area (Å²) in [5, 5.41) is 12.5. The zero-order valence-electron chi connectivity index (χ0n) is 18.5. The predicted molar refractivity (Wildman–Crippen MR) is 124 cm³/mol. The first-order chi connectivity index (χ1) is 15.9. The standard InChI is InChI=1S/C24H26N6O3/c1-14(2)19-8-7-17(9-18(19)11-31)22(32)26-10-15-3-5-16(6-4-15)12-33-23-20-21(28-13-27-20)29-24(25)30-23/h3-9,13-14,31H,10-12H2,1-2H3,(H,26,32)(H3,25,27,28,29,30).